The van der Waals surface area contributed by atoms with Crippen LogP contribution in [-0.2, 0) is 4.79 Å². The number of hydrazone groups is 1. The van der Waals surface area contributed by atoms with Gasteiger partial charge in [0.2, 0.25) is 5.91 Å². The van der Waals surface area contributed by atoms with Gasteiger partial charge in [-0.15, -0.1) is 18.2 Å². The van der Waals surface area contributed by atoms with E-state index in [2.05, 4.69) is 22.5 Å². The van der Waals surface area contributed by atoms with Crippen LogP contribution in [0.3, 0.4) is 0 Å². The van der Waals surface area contributed by atoms with E-state index in [1.165, 1.54) is 0 Å². The third-order valence-corrected chi connectivity index (χ3v) is 3.48. The lowest BCUT2D eigenvalue weighted by molar-refractivity contribution is -0.121. The van der Waals surface area contributed by atoms with Crippen molar-refractivity contribution in [1.29, 1.82) is 0 Å². The van der Waals surface area contributed by atoms with Gasteiger partial charge >= 0.3 is 0 Å². The van der Waals surface area contributed by atoms with E-state index in [1.54, 1.807) is 11.8 Å². The molecule has 1 aromatic rings. The zero-order chi connectivity index (χ0) is 13.5. The number of nitrogens with one attached hydrogen (secondary N) is 1. The number of carbonyl (C=O) groups excluding carboxylic acids is 1. The molecule has 0 spiro atoms. The van der Waals surface area contributed by atoms with E-state index in [9.17, 15) is 4.79 Å². The van der Waals surface area contributed by atoms with Gasteiger partial charge < -0.3 is 0 Å². The Morgan fingerprint density at radius 1 is 1.42 bits per heavy atom. The number of amides is 1. The number of benzene rings is 1. The molecule has 2 rings (SSSR count). The second-order valence-corrected chi connectivity index (χ2v) is 5.09. The number of allylic oxidation sites excluding steroid dienone is 1. The van der Waals surface area contributed by atoms with Crippen molar-refractivity contribution < 1.29 is 4.79 Å². The molecule has 1 aliphatic heterocycles. The van der Waals surface area contributed by atoms with Crippen molar-refractivity contribution in [2.75, 3.05) is 5.75 Å². The third kappa shape index (κ3) is 4.31. The number of rotatable bonds is 4. The molecule has 4 heteroatoms. The van der Waals surface area contributed by atoms with Gasteiger partial charge in [-0.3, -0.25) is 4.79 Å². The third-order valence-electron chi connectivity index (χ3n) is 2.58. The fourth-order valence-electron chi connectivity index (χ4n) is 1.63. The molecule has 0 saturated heterocycles. The summed E-state index contributed by atoms with van der Waals surface area (Å²) in [6, 6.07) is 8.15. The first-order valence-electron chi connectivity index (χ1n) is 5.98. The predicted molar refractivity (Wildman–Crippen MR) is 79.8 cm³/mol. The van der Waals surface area contributed by atoms with E-state index in [4.69, 9.17) is 6.42 Å². The van der Waals surface area contributed by atoms with Crippen LogP contribution >= 0.6 is 11.8 Å². The fraction of sp³-hybridized carbons (Fsp3) is 0.200. The maximum absolute atomic E-state index is 11.0. The molecular formula is C15H14N2OS. The van der Waals surface area contributed by atoms with Crippen LogP contribution in [0, 0.1) is 12.3 Å². The minimum atomic E-state index is -0.0233. The Balaban J connectivity index is 2.02. The summed E-state index contributed by atoms with van der Waals surface area (Å²) >= 11 is 1.64. The monoisotopic (exact) mass is 270 g/mol. The molecule has 19 heavy (non-hydrogen) atoms. The van der Waals surface area contributed by atoms with Gasteiger partial charge in [-0.1, -0.05) is 24.1 Å². The molecule has 1 aliphatic rings. The van der Waals surface area contributed by atoms with Crippen molar-refractivity contribution in [2.45, 2.75) is 17.7 Å². The van der Waals surface area contributed by atoms with Gasteiger partial charge in [0, 0.05) is 17.7 Å². The second kappa shape index (κ2) is 6.81. The van der Waals surface area contributed by atoms with E-state index >= 15 is 0 Å². The summed E-state index contributed by atoms with van der Waals surface area (Å²) in [6.07, 6.45) is 10.4. The van der Waals surface area contributed by atoms with Gasteiger partial charge in [0.25, 0.3) is 0 Å². The summed E-state index contributed by atoms with van der Waals surface area (Å²) in [6.45, 7) is 0. The molecule has 1 N–H and O–H groups in total. The van der Waals surface area contributed by atoms with Gasteiger partial charge in [0.15, 0.2) is 0 Å². The van der Waals surface area contributed by atoms with Gasteiger partial charge in [0.05, 0.1) is 11.5 Å². The van der Waals surface area contributed by atoms with Gasteiger partial charge in [-0.2, -0.15) is 5.10 Å². The van der Waals surface area contributed by atoms with E-state index in [-0.39, 0.29) is 5.91 Å². The molecule has 3 nitrogen and oxygen atoms in total. The molecule has 0 atom stereocenters. The number of hydrogen-bond acceptors (Lipinski definition) is 3. The predicted octanol–water partition coefficient (Wildman–Crippen LogP) is 2.69. The lowest BCUT2D eigenvalue weighted by Crippen LogP contribution is -2.24. The summed E-state index contributed by atoms with van der Waals surface area (Å²) in [5, 5.41) is 4.00. The lowest BCUT2D eigenvalue weighted by atomic mass is 10.1. The Morgan fingerprint density at radius 3 is 3.05 bits per heavy atom. The normalized spacial score (nSPS) is 14.9. The summed E-state index contributed by atoms with van der Waals surface area (Å²) in [7, 11) is 0. The largest absolute Gasteiger partial charge is 0.273 e. The molecule has 96 valence electrons. The van der Waals surface area contributed by atoms with Gasteiger partial charge in [-0.05, 0) is 23.8 Å². The Labute approximate surface area is 117 Å². The zero-order valence-corrected chi connectivity index (χ0v) is 11.2. The molecule has 1 aromatic carbocycles. The van der Waals surface area contributed by atoms with Crippen LogP contribution in [-0.4, -0.2) is 17.4 Å². The first-order chi connectivity index (χ1) is 9.28. The molecule has 0 bridgehead atoms. The maximum atomic E-state index is 11.0. The summed E-state index contributed by atoms with van der Waals surface area (Å²) in [5.74, 6) is 3.26. The Morgan fingerprint density at radius 2 is 2.32 bits per heavy atom. The maximum Gasteiger partial charge on any atom is 0.240 e. The number of nitrogens with zero attached hydrogens (tertiary/aromatic N) is 1. The highest BCUT2D eigenvalue weighted by atomic mass is 32.2. The van der Waals surface area contributed by atoms with Crippen LogP contribution < -0.4 is 5.43 Å². The molecule has 1 heterocycles. The highest BCUT2D eigenvalue weighted by molar-refractivity contribution is 7.99. The van der Waals surface area contributed by atoms with E-state index in [0.717, 1.165) is 16.2 Å². The molecule has 0 aliphatic carbocycles. The van der Waals surface area contributed by atoms with Crippen molar-refractivity contribution in [3.63, 3.8) is 0 Å². The lowest BCUT2D eigenvalue weighted by Gasteiger charge is -2.08. The smallest absolute Gasteiger partial charge is 0.240 e. The van der Waals surface area contributed by atoms with E-state index < -0.39 is 0 Å². The van der Waals surface area contributed by atoms with Crippen LogP contribution in [0.15, 0.2) is 40.3 Å². The first-order valence-corrected chi connectivity index (χ1v) is 6.96. The average molecular weight is 270 g/mol. The van der Waals surface area contributed by atoms with E-state index in [0.29, 0.717) is 18.6 Å². The van der Waals surface area contributed by atoms with Crippen molar-refractivity contribution in [1.82, 2.24) is 5.43 Å². The van der Waals surface area contributed by atoms with Crippen molar-refractivity contribution in [3.05, 3.63) is 35.9 Å². The van der Waals surface area contributed by atoms with Crippen LogP contribution in [0.2, 0.25) is 0 Å². The van der Waals surface area contributed by atoms with Gasteiger partial charge in [-0.25, -0.2) is 5.43 Å². The second-order valence-electron chi connectivity index (χ2n) is 4.04. The average Bonchev–Trinajstić information content (AvgIpc) is 2.45. The molecular weight excluding hydrogens is 256 g/mol. The summed E-state index contributed by atoms with van der Waals surface area (Å²) in [4.78, 5) is 12.1. The highest BCUT2D eigenvalue weighted by Gasteiger charge is 2.08. The molecule has 0 aromatic heterocycles. The number of terminal acetylenes is 1. The Bertz CT molecular complexity index is 570. The van der Waals surface area contributed by atoms with Crippen LogP contribution in [0.25, 0.3) is 6.08 Å². The number of thioether (sulfide) groups is 1. The minimum absolute atomic E-state index is 0.0233. The van der Waals surface area contributed by atoms with Crippen LogP contribution in [0.1, 0.15) is 18.4 Å². The van der Waals surface area contributed by atoms with Gasteiger partial charge in [0.1, 0.15) is 0 Å². The molecule has 0 radical (unpaired) electrons. The SMILES string of the molecule is C#CCSc1cccc(C=CC2=NNC(=O)CC2)c1. The van der Waals surface area contributed by atoms with Crippen molar-refractivity contribution in [3.8, 4) is 12.3 Å². The quantitative estimate of drug-likeness (QED) is 0.675. The van der Waals surface area contributed by atoms with E-state index in [1.807, 2.05) is 30.4 Å². The van der Waals surface area contributed by atoms with Crippen molar-refractivity contribution in [2.24, 2.45) is 5.10 Å². The molecule has 0 fully saturated rings. The Hall–Kier alpha value is -1.99. The van der Waals surface area contributed by atoms with Crippen LogP contribution in [0.4, 0.5) is 0 Å². The minimum Gasteiger partial charge on any atom is -0.273 e. The molecule has 0 unspecified atom stereocenters. The zero-order valence-electron chi connectivity index (χ0n) is 10.4. The highest BCUT2D eigenvalue weighted by Crippen LogP contribution is 2.19. The van der Waals surface area contributed by atoms with Crippen LogP contribution in [0.5, 0.6) is 0 Å². The molecule has 1 amide bonds. The Kier molecular flexibility index (Phi) is 4.82. The van der Waals surface area contributed by atoms with Crippen molar-refractivity contribution >= 4 is 29.5 Å². The number of hydrogen-bond donors (Lipinski definition) is 1. The number of carbonyl (C=O) groups is 1. The fourth-order valence-corrected chi connectivity index (χ4v) is 2.28. The summed E-state index contributed by atoms with van der Waals surface area (Å²) in [5.41, 5.74) is 4.47. The first kappa shape index (κ1) is 13.4. The molecule has 0 saturated carbocycles. The topological polar surface area (TPSA) is 41.5 Å². The summed E-state index contributed by atoms with van der Waals surface area (Å²) < 4.78 is 0. The standard InChI is InChI=1S/C15H14N2OS/c1-2-10-19-14-5-3-4-12(11-14)6-7-13-8-9-15(18)17-16-13/h1,3-7,11H,8-10H2,(H,17,18).